The molecule has 3 saturated heterocycles. The van der Waals surface area contributed by atoms with Crippen LogP contribution in [0, 0.1) is 11.8 Å². The molecule has 7 N–H and O–H groups in total. The van der Waals surface area contributed by atoms with E-state index in [1.807, 2.05) is 26.0 Å². The lowest BCUT2D eigenvalue weighted by Crippen LogP contribution is -2.58. The Morgan fingerprint density at radius 2 is 1.66 bits per heavy atom. The van der Waals surface area contributed by atoms with E-state index >= 15 is 0 Å². The molecule has 0 amide bonds. The molecule has 4 heterocycles. The maximum atomic E-state index is 12.3. The van der Waals surface area contributed by atoms with E-state index in [1.165, 1.54) is 6.08 Å². The van der Waals surface area contributed by atoms with Gasteiger partial charge in [0.25, 0.3) is 0 Å². The number of aliphatic carboxylic acids is 1. The van der Waals surface area contributed by atoms with E-state index in [-0.39, 0.29) is 37.4 Å². The number of aliphatic hydroxyl groups is 4. The van der Waals surface area contributed by atoms with Crippen molar-refractivity contribution < 1.29 is 58.8 Å². The summed E-state index contributed by atoms with van der Waals surface area (Å²) in [7, 11) is 0. The first-order valence-corrected chi connectivity index (χ1v) is 16.2. The molecule has 0 aromatic heterocycles. The van der Waals surface area contributed by atoms with Crippen molar-refractivity contribution in [3.8, 4) is 0 Å². The summed E-state index contributed by atoms with van der Waals surface area (Å²) in [5.41, 5.74) is 6.23. The normalized spacial score (nSPS) is 47.2. The van der Waals surface area contributed by atoms with Gasteiger partial charge in [0.05, 0.1) is 36.6 Å². The van der Waals surface area contributed by atoms with Gasteiger partial charge in [-0.3, -0.25) is 4.79 Å². The Kier molecular flexibility index (Phi) is 13.1. The van der Waals surface area contributed by atoms with Gasteiger partial charge in [-0.2, -0.15) is 0 Å². The molecule has 14 atom stereocenters. The Balaban J connectivity index is 1.58. The van der Waals surface area contributed by atoms with Crippen LogP contribution < -0.4 is 5.73 Å². The molecule has 0 aromatic rings. The van der Waals surface area contributed by atoms with Crippen molar-refractivity contribution in [1.29, 1.82) is 0 Å². The Labute approximate surface area is 275 Å². The number of allylic oxidation sites excluding steroid dienone is 6. The van der Waals surface area contributed by atoms with Crippen molar-refractivity contribution in [3.05, 3.63) is 60.8 Å². The molecule has 0 aliphatic carbocycles. The van der Waals surface area contributed by atoms with E-state index in [1.54, 1.807) is 49.5 Å². The predicted molar refractivity (Wildman–Crippen MR) is 168 cm³/mol. The highest BCUT2D eigenvalue weighted by molar-refractivity contribution is 5.82. The molecular weight excluding hydrogens is 614 g/mol. The van der Waals surface area contributed by atoms with Crippen LogP contribution in [0.25, 0.3) is 0 Å². The van der Waals surface area contributed by atoms with Crippen LogP contribution in [-0.2, 0) is 33.3 Å². The Morgan fingerprint density at radius 3 is 2.38 bits per heavy atom. The molecule has 262 valence electrons. The lowest BCUT2D eigenvalue weighted by Gasteiger charge is -2.45. The fourth-order valence-corrected chi connectivity index (χ4v) is 6.16. The van der Waals surface area contributed by atoms with Gasteiger partial charge in [-0.05, 0) is 25.8 Å². The number of aliphatic hydroxyl groups excluding tert-OH is 3. The van der Waals surface area contributed by atoms with E-state index in [0.717, 1.165) is 0 Å². The maximum Gasteiger partial charge on any atom is 0.330 e. The van der Waals surface area contributed by atoms with Crippen LogP contribution in [0.1, 0.15) is 52.9 Å². The second-order valence-corrected chi connectivity index (χ2v) is 12.9. The number of carbonyl (C=O) groups is 2. The summed E-state index contributed by atoms with van der Waals surface area (Å²) in [5.74, 6) is -5.48. The van der Waals surface area contributed by atoms with Gasteiger partial charge in [-0.25, -0.2) is 4.79 Å². The van der Waals surface area contributed by atoms with Crippen LogP contribution in [0.5, 0.6) is 0 Å². The highest BCUT2D eigenvalue weighted by atomic mass is 16.7. The summed E-state index contributed by atoms with van der Waals surface area (Å²) in [6.45, 7) is 5.46. The number of carbonyl (C=O) groups excluding carboxylic acids is 1. The third-order valence-electron chi connectivity index (χ3n) is 9.05. The second-order valence-electron chi connectivity index (χ2n) is 12.9. The van der Waals surface area contributed by atoms with Gasteiger partial charge in [-0.1, -0.05) is 55.5 Å². The van der Waals surface area contributed by atoms with E-state index < -0.39 is 85.1 Å². The topological polar surface area (TPSA) is 211 Å². The van der Waals surface area contributed by atoms with Crippen LogP contribution in [-0.4, -0.2) is 111 Å². The van der Waals surface area contributed by atoms with Gasteiger partial charge in [0.15, 0.2) is 12.1 Å². The molecule has 4 rings (SSSR count). The first kappa shape index (κ1) is 37.1. The third-order valence-corrected chi connectivity index (χ3v) is 9.05. The second kappa shape index (κ2) is 16.6. The molecule has 0 saturated carbocycles. The summed E-state index contributed by atoms with van der Waals surface area (Å²) in [5, 5.41) is 54.0. The molecule has 0 spiro atoms. The zero-order valence-corrected chi connectivity index (χ0v) is 27.0. The summed E-state index contributed by atoms with van der Waals surface area (Å²) < 4.78 is 28.9. The van der Waals surface area contributed by atoms with Gasteiger partial charge < -0.3 is 55.0 Å². The molecule has 4 aliphatic rings. The first-order valence-electron chi connectivity index (χ1n) is 16.2. The van der Waals surface area contributed by atoms with Crippen molar-refractivity contribution in [2.24, 2.45) is 17.6 Å². The van der Waals surface area contributed by atoms with Crippen LogP contribution in [0.3, 0.4) is 0 Å². The summed E-state index contributed by atoms with van der Waals surface area (Å²) in [6, 6.07) is -0.632. The average molecular weight is 664 g/mol. The van der Waals surface area contributed by atoms with Gasteiger partial charge in [0, 0.05) is 44.2 Å². The average Bonchev–Trinajstić information content (AvgIpc) is 3.72. The van der Waals surface area contributed by atoms with Crippen molar-refractivity contribution in [1.82, 2.24) is 0 Å². The number of hydrogen-bond acceptors (Lipinski definition) is 12. The molecule has 13 nitrogen and oxygen atoms in total. The van der Waals surface area contributed by atoms with Crippen LogP contribution >= 0.6 is 0 Å². The molecule has 14 unspecified atom stereocenters. The standard InChI is InChI=1S/C34H49NO12/c1-19-11-9-7-5-4-6-8-10-12-23(45-33-31(39)30(35)20(2)21(3)44-33)16-27-29(32(40)41)24(37)18-34(42,47-27)17-22(36)15-26-25(46-26)13-14-28(38)43-19/h4-10,12-14,19-27,29-31,33,36-37,39,42H,11,15-18,35H2,1-3H3,(H,40,41)/b5-4+,8-6+,9-7+,12-10+,14-13+. The number of hydrogen-bond donors (Lipinski definition) is 6. The minimum absolute atomic E-state index is 0.0993. The Hall–Kier alpha value is -2.72. The lowest BCUT2D eigenvalue weighted by atomic mass is 9.83. The van der Waals surface area contributed by atoms with E-state index in [4.69, 9.17) is 29.4 Å². The number of ether oxygens (including phenoxy) is 5. The highest BCUT2D eigenvalue weighted by Gasteiger charge is 2.51. The number of cyclic esters (lactones) is 1. The molecule has 13 heteroatoms. The maximum absolute atomic E-state index is 12.3. The van der Waals surface area contributed by atoms with Crippen molar-refractivity contribution >= 4 is 11.9 Å². The summed E-state index contributed by atoms with van der Waals surface area (Å²) in [6.07, 6.45) is 7.95. The van der Waals surface area contributed by atoms with Crippen LogP contribution in [0.15, 0.2) is 60.8 Å². The largest absolute Gasteiger partial charge is 0.481 e. The first-order chi connectivity index (χ1) is 22.3. The van der Waals surface area contributed by atoms with E-state index in [2.05, 4.69) is 0 Å². The number of esters is 1. The fraction of sp³-hybridized carbons (Fsp3) is 0.647. The van der Waals surface area contributed by atoms with Gasteiger partial charge in [0.2, 0.25) is 0 Å². The van der Waals surface area contributed by atoms with Crippen molar-refractivity contribution in [2.45, 2.75) is 126 Å². The molecule has 0 aromatic carbocycles. The number of epoxide rings is 1. The SMILES string of the molecule is CC1C/C=C/C=C/C=C/C=C/C(OC2OC(C)C(C)C(N)C2O)CC2OC(O)(CC(O)CC3OC3/C=C/C(=O)O1)CC(O)C2C(=O)O. The van der Waals surface area contributed by atoms with Gasteiger partial charge >= 0.3 is 11.9 Å². The van der Waals surface area contributed by atoms with Crippen LogP contribution in [0.4, 0.5) is 0 Å². The Bertz CT molecular complexity index is 1220. The smallest absolute Gasteiger partial charge is 0.330 e. The Morgan fingerprint density at radius 1 is 0.957 bits per heavy atom. The summed E-state index contributed by atoms with van der Waals surface area (Å²) in [4.78, 5) is 24.5. The third kappa shape index (κ3) is 10.6. The number of rotatable bonds is 3. The van der Waals surface area contributed by atoms with E-state index in [0.29, 0.717) is 6.42 Å². The molecule has 0 radical (unpaired) electrons. The van der Waals surface area contributed by atoms with Crippen molar-refractivity contribution in [2.75, 3.05) is 0 Å². The zero-order valence-electron chi connectivity index (χ0n) is 27.0. The minimum atomic E-state index is -2.07. The minimum Gasteiger partial charge on any atom is -0.481 e. The monoisotopic (exact) mass is 663 g/mol. The van der Waals surface area contributed by atoms with Gasteiger partial charge in [-0.15, -0.1) is 0 Å². The lowest BCUT2D eigenvalue weighted by molar-refractivity contribution is -0.306. The number of carboxylic acids is 1. The number of fused-ring (bicyclic) bond motifs is 3. The molecule has 4 aliphatic heterocycles. The molecule has 47 heavy (non-hydrogen) atoms. The highest BCUT2D eigenvalue weighted by Crippen LogP contribution is 2.39. The number of nitrogens with two attached hydrogens (primary N) is 1. The van der Waals surface area contributed by atoms with Crippen LogP contribution in [0.2, 0.25) is 0 Å². The number of carboxylic acid groups (broad SMARTS) is 1. The van der Waals surface area contributed by atoms with Gasteiger partial charge in [0.1, 0.15) is 24.2 Å². The van der Waals surface area contributed by atoms with Crippen molar-refractivity contribution in [3.63, 3.8) is 0 Å². The van der Waals surface area contributed by atoms with E-state index in [9.17, 15) is 35.1 Å². The molecule has 2 bridgehead atoms. The quantitative estimate of drug-likeness (QED) is 0.187. The fourth-order valence-electron chi connectivity index (χ4n) is 6.16. The summed E-state index contributed by atoms with van der Waals surface area (Å²) >= 11 is 0. The molecular formula is C34H49NO12. The molecule has 3 fully saturated rings. The zero-order chi connectivity index (χ0) is 34.3. The predicted octanol–water partition coefficient (Wildman–Crippen LogP) is 1.39.